The number of aromatic hydroxyl groups is 3. The summed E-state index contributed by atoms with van der Waals surface area (Å²) in [5.41, 5.74) is -0.698. The highest BCUT2D eigenvalue weighted by Crippen LogP contribution is 2.35. The average molecular weight is 609 g/mol. The first kappa shape index (κ1) is 31.1. The molecule has 3 aromatic rings. The van der Waals surface area contributed by atoms with E-state index in [0.29, 0.717) is 5.56 Å². The summed E-state index contributed by atoms with van der Waals surface area (Å²) in [6.07, 6.45) is -16.3. The van der Waals surface area contributed by atoms with Crippen LogP contribution in [0.15, 0.2) is 45.6 Å². The van der Waals surface area contributed by atoms with Crippen molar-refractivity contribution < 1.29 is 69.7 Å². The van der Waals surface area contributed by atoms with E-state index in [2.05, 4.69) is 0 Å². The predicted molar refractivity (Wildman–Crippen MR) is 143 cm³/mol. The van der Waals surface area contributed by atoms with Crippen LogP contribution in [0.1, 0.15) is 5.56 Å². The highest BCUT2D eigenvalue weighted by molar-refractivity contribution is 5.87. The molecule has 0 saturated carbocycles. The highest BCUT2D eigenvalue weighted by Gasteiger charge is 2.47. The Balaban J connectivity index is 1.45. The molecule has 4 unspecified atom stereocenters. The fraction of sp³-hybridized carbons (Fsp3) is 0.464. The van der Waals surface area contributed by atoms with Crippen LogP contribution in [0.25, 0.3) is 22.3 Å². The van der Waals surface area contributed by atoms with Crippen molar-refractivity contribution in [3.8, 4) is 28.6 Å². The highest BCUT2D eigenvalue weighted by atomic mass is 16.7. The van der Waals surface area contributed by atoms with Crippen molar-refractivity contribution in [2.24, 2.45) is 0 Å². The molecule has 10 atom stereocenters. The molecule has 15 heteroatoms. The number of rotatable bonds is 7. The van der Waals surface area contributed by atoms with Crippen molar-refractivity contribution in [1.82, 2.24) is 0 Å². The fourth-order valence-electron chi connectivity index (χ4n) is 5.28. The van der Waals surface area contributed by atoms with Crippen molar-refractivity contribution in [1.29, 1.82) is 0 Å². The summed E-state index contributed by atoms with van der Waals surface area (Å²) in [6.45, 7) is -1.27. The summed E-state index contributed by atoms with van der Waals surface area (Å²) >= 11 is 0. The van der Waals surface area contributed by atoms with E-state index in [1.807, 2.05) is 0 Å². The molecule has 15 nitrogen and oxygen atoms in total. The number of phenols is 3. The Morgan fingerprint density at radius 3 is 2.02 bits per heavy atom. The molecule has 2 aliphatic rings. The van der Waals surface area contributed by atoms with Gasteiger partial charge in [0.05, 0.1) is 19.3 Å². The third kappa shape index (κ3) is 5.92. The molecule has 2 fully saturated rings. The third-order valence-corrected chi connectivity index (χ3v) is 7.67. The van der Waals surface area contributed by atoms with E-state index >= 15 is 0 Å². The summed E-state index contributed by atoms with van der Waals surface area (Å²) in [4.78, 5) is 13.7. The lowest BCUT2D eigenvalue weighted by atomic mass is 9.90. The molecule has 0 spiro atoms. The number of hydrogen-bond acceptors (Lipinski definition) is 15. The second-order valence-corrected chi connectivity index (χ2v) is 10.5. The molecular formula is C28H32O15. The SMILES string of the molecule is O=c1c(C[C@@H]2OC(CO[C@@H]3OC(CO)[C@H](O)[C@H](O)C3O)[C@H](O)[C@H](O)C2O)c(-c2ccc(O)cc2)oc2cc(O)cc(O)c12. The van der Waals surface area contributed by atoms with Gasteiger partial charge in [0.1, 0.15) is 82.8 Å². The maximum absolute atomic E-state index is 13.7. The first-order valence-electron chi connectivity index (χ1n) is 13.3. The Morgan fingerprint density at radius 1 is 0.721 bits per heavy atom. The van der Waals surface area contributed by atoms with Gasteiger partial charge >= 0.3 is 0 Å². The molecule has 0 radical (unpaired) electrons. The lowest BCUT2D eigenvalue weighted by Gasteiger charge is -2.43. The van der Waals surface area contributed by atoms with E-state index in [4.69, 9.17) is 18.6 Å². The normalized spacial score (nSPS) is 33.1. The van der Waals surface area contributed by atoms with Crippen molar-refractivity contribution in [3.05, 3.63) is 52.2 Å². The van der Waals surface area contributed by atoms with Crippen molar-refractivity contribution >= 4 is 11.0 Å². The number of aliphatic hydroxyl groups excluding tert-OH is 7. The van der Waals surface area contributed by atoms with E-state index in [1.54, 1.807) is 0 Å². The van der Waals surface area contributed by atoms with Gasteiger partial charge in [-0.15, -0.1) is 0 Å². The summed E-state index contributed by atoms with van der Waals surface area (Å²) in [6, 6.07) is 7.63. The molecule has 43 heavy (non-hydrogen) atoms. The zero-order valence-electron chi connectivity index (χ0n) is 22.4. The van der Waals surface area contributed by atoms with E-state index in [-0.39, 0.29) is 33.8 Å². The predicted octanol–water partition coefficient (Wildman–Crippen LogP) is -2.21. The number of aliphatic hydroxyl groups is 7. The molecule has 0 aliphatic carbocycles. The average Bonchev–Trinajstić information content (AvgIpc) is 2.97. The molecule has 2 saturated heterocycles. The summed E-state index contributed by atoms with van der Waals surface area (Å²) in [7, 11) is 0. The number of hydrogen-bond donors (Lipinski definition) is 10. The maximum atomic E-state index is 13.7. The molecule has 2 aliphatic heterocycles. The number of phenolic OH excluding ortho intramolecular Hbond substituents is 3. The molecule has 2 aromatic carbocycles. The van der Waals surface area contributed by atoms with Crippen LogP contribution in [0.4, 0.5) is 0 Å². The lowest BCUT2D eigenvalue weighted by molar-refractivity contribution is -0.314. The molecule has 1 aromatic heterocycles. The number of benzene rings is 2. The van der Waals surface area contributed by atoms with E-state index in [9.17, 15) is 55.9 Å². The van der Waals surface area contributed by atoms with Gasteiger partial charge in [0.25, 0.3) is 0 Å². The largest absolute Gasteiger partial charge is 0.508 e. The minimum absolute atomic E-state index is 0.0481. The Bertz CT molecular complexity index is 1490. The second kappa shape index (κ2) is 12.3. The third-order valence-electron chi connectivity index (χ3n) is 7.67. The Morgan fingerprint density at radius 2 is 1.35 bits per heavy atom. The van der Waals surface area contributed by atoms with Gasteiger partial charge in [0, 0.05) is 29.7 Å². The monoisotopic (exact) mass is 608 g/mol. The van der Waals surface area contributed by atoms with Crippen LogP contribution < -0.4 is 5.43 Å². The summed E-state index contributed by atoms with van der Waals surface area (Å²) in [5, 5.41) is 101. The Labute approximate surface area is 242 Å². The van der Waals surface area contributed by atoms with Gasteiger partial charge in [-0.3, -0.25) is 4.79 Å². The number of ether oxygens (including phenoxy) is 3. The van der Waals surface area contributed by atoms with Crippen LogP contribution in [0.2, 0.25) is 0 Å². The van der Waals surface area contributed by atoms with Crippen LogP contribution in [0.5, 0.6) is 17.2 Å². The van der Waals surface area contributed by atoms with Crippen LogP contribution in [0, 0.1) is 0 Å². The van der Waals surface area contributed by atoms with E-state index < -0.39 is 92.0 Å². The van der Waals surface area contributed by atoms with Gasteiger partial charge < -0.3 is 69.7 Å². The van der Waals surface area contributed by atoms with Crippen molar-refractivity contribution in [3.63, 3.8) is 0 Å². The van der Waals surface area contributed by atoms with Gasteiger partial charge in [-0.25, -0.2) is 0 Å². The Kier molecular flexibility index (Phi) is 8.92. The zero-order chi connectivity index (χ0) is 31.2. The van der Waals surface area contributed by atoms with Gasteiger partial charge in [-0.2, -0.15) is 0 Å². The van der Waals surface area contributed by atoms with Crippen molar-refractivity contribution in [2.75, 3.05) is 13.2 Å². The number of fused-ring (bicyclic) bond motifs is 1. The van der Waals surface area contributed by atoms with Gasteiger partial charge in [-0.05, 0) is 24.3 Å². The first-order valence-corrected chi connectivity index (χ1v) is 13.3. The lowest BCUT2D eigenvalue weighted by Crippen LogP contribution is -2.61. The Hall–Kier alpha value is -3.35. The molecule has 0 amide bonds. The molecule has 10 N–H and O–H groups in total. The molecule has 234 valence electrons. The van der Waals surface area contributed by atoms with Crippen molar-refractivity contribution in [2.45, 2.75) is 67.6 Å². The van der Waals surface area contributed by atoms with E-state index in [0.717, 1.165) is 12.1 Å². The topological polar surface area (TPSA) is 260 Å². The van der Waals surface area contributed by atoms with Crippen LogP contribution in [-0.4, -0.2) is 126 Å². The van der Waals surface area contributed by atoms with Crippen LogP contribution in [0.3, 0.4) is 0 Å². The summed E-state index contributed by atoms with van der Waals surface area (Å²) in [5.74, 6) is -1.07. The zero-order valence-corrected chi connectivity index (χ0v) is 22.4. The van der Waals surface area contributed by atoms with E-state index in [1.165, 1.54) is 24.3 Å². The fourth-order valence-corrected chi connectivity index (χ4v) is 5.28. The second-order valence-electron chi connectivity index (χ2n) is 10.5. The smallest absolute Gasteiger partial charge is 0.200 e. The molecular weight excluding hydrogens is 576 g/mol. The molecule has 5 rings (SSSR count). The van der Waals surface area contributed by atoms with Crippen LogP contribution >= 0.6 is 0 Å². The van der Waals surface area contributed by atoms with Gasteiger partial charge in [0.15, 0.2) is 11.7 Å². The minimum atomic E-state index is -1.79. The van der Waals surface area contributed by atoms with Gasteiger partial charge in [-0.1, -0.05) is 0 Å². The summed E-state index contributed by atoms with van der Waals surface area (Å²) < 4.78 is 22.5. The maximum Gasteiger partial charge on any atom is 0.200 e. The molecule has 0 bridgehead atoms. The van der Waals surface area contributed by atoms with Crippen LogP contribution in [-0.2, 0) is 20.6 Å². The first-order chi connectivity index (χ1) is 20.4. The van der Waals surface area contributed by atoms with Gasteiger partial charge in [0.2, 0.25) is 0 Å². The molecule has 3 heterocycles. The standard InChI is InChI=1S/C28H32O15/c29-8-17-22(35)25(38)26(39)28(43-17)40-9-18-23(36)24(37)21(34)16(41-18)7-13-20(33)19-14(32)5-12(31)6-15(19)42-27(13)10-1-3-11(30)4-2-10/h1-6,16-18,21-26,28-32,34-39H,7-9H2/t16-,17?,18?,21?,22-,23-,24+,25-,26?,28+/m0/s1. The quantitative estimate of drug-likeness (QED) is 0.136. The minimum Gasteiger partial charge on any atom is -0.508 e.